The van der Waals surface area contributed by atoms with Crippen LogP contribution in [0.25, 0.3) is 0 Å². The van der Waals surface area contributed by atoms with Gasteiger partial charge >= 0.3 is 0 Å². The van der Waals surface area contributed by atoms with Gasteiger partial charge in [-0.1, -0.05) is 45.7 Å². The first-order valence-electron chi connectivity index (χ1n) is 6.26. The number of terminal acetylenes is 1. The van der Waals surface area contributed by atoms with Crippen molar-refractivity contribution in [1.29, 1.82) is 0 Å². The summed E-state index contributed by atoms with van der Waals surface area (Å²) in [4.78, 5) is 0. The van der Waals surface area contributed by atoms with Gasteiger partial charge in [0.25, 0.3) is 0 Å². The fraction of sp³-hybridized carbons (Fsp3) is 0.500. The summed E-state index contributed by atoms with van der Waals surface area (Å²) in [5, 5.41) is 3.54. The summed E-state index contributed by atoms with van der Waals surface area (Å²) in [6.45, 7) is 9.94. The van der Waals surface area contributed by atoms with E-state index >= 15 is 0 Å². The molecule has 1 unspecified atom stereocenters. The molecule has 0 amide bonds. The molecule has 0 saturated heterocycles. The van der Waals surface area contributed by atoms with Crippen LogP contribution in [0.1, 0.15) is 51.3 Å². The molecule has 17 heavy (non-hydrogen) atoms. The van der Waals surface area contributed by atoms with Crippen LogP contribution in [0.3, 0.4) is 0 Å². The van der Waals surface area contributed by atoms with Gasteiger partial charge in [-0.3, -0.25) is 0 Å². The van der Waals surface area contributed by atoms with E-state index in [-0.39, 0.29) is 0 Å². The van der Waals surface area contributed by atoms with Gasteiger partial charge in [0.2, 0.25) is 0 Å². The highest BCUT2D eigenvalue weighted by atomic mass is 14.9. The summed E-state index contributed by atoms with van der Waals surface area (Å²) in [7, 11) is 0. The maximum absolute atomic E-state index is 5.37. The van der Waals surface area contributed by atoms with Gasteiger partial charge in [-0.25, -0.2) is 0 Å². The van der Waals surface area contributed by atoms with Crippen LogP contribution < -0.4 is 5.32 Å². The molecule has 1 aromatic rings. The van der Waals surface area contributed by atoms with Gasteiger partial charge in [-0.2, -0.15) is 0 Å². The van der Waals surface area contributed by atoms with Crippen LogP contribution in [0.4, 0.5) is 0 Å². The highest BCUT2D eigenvalue weighted by Gasteiger charge is 2.19. The molecule has 0 heterocycles. The molecule has 92 valence electrons. The Labute approximate surface area is 106 Å². The minimum atomic E-state index is 0.317. The van der Waals surface area contributed by atoms with Crippen LogP contribution in [0, 0.1) is 17.8 Å². The van der Waals surface area contributed by atoms with Crippen LogP contribution >= 0.6 is 0 Å². The molecule has 0 spiro atoms. The number of hydrogen-bond acceptors (Lipinski definition) is 1. The molecule has 1 N–H and O–H groups in total. The van der Waals surface area contributed by atoms with Gasteiger partial charge in [0.1, 0.15) is 0 Å². The molecule has 1 heteroatoms. The molecular weight excluding hydrogens is 206 g/mol. The lowest BCUT2D eigenvalue weighted by molar-refractivity contribution is 0.314. The van der Waals surface area contributed by atoms with Crippen molar-refractivity contribution in [1.82, 2.24) is 5.32 Å². The SMILES string of the molecule is C#Cc1ccc(C(CC(C)(C)C)NCC)cc1. The van der Waals surface area contributed by atoms with Crippen LogP contribution in [0.5, 0.6) is 0 Å². The average molecular weight is 229 g/mol. The van der Waals surface area contributed by atoms with E-state index in [2.05, 4.69) is 51.1 Å². The molecule has 0 radical (unpaired) electrons. The topological polar surface area (TPSA) is 12.0 Å². The molecule has 1 rings (SSSR count). The fourth-order valence-electron chi connectivity index (χ4n) is 1.98. The number of nitrogens with one attached hydrogen (secondary N) is 1. The Balaban J connectivity index is 2.86. The Kier molecular flexibility index (Phi) is 4.78. The lowest BCUT2D eigenvalue weighted by atomic mass is 9.85. The van der Waals surface area contributed by atoms with E-state index in [4.69, 9.17) is 6.42 Å². The minimum Gasteiger partial charge on any atom is -0.310 e. The number of rotatable bonds is 4. The lowest BCUT2D eigenvalue weighted by Gasteiger charge is -2.27. The third-order valence-corrected chi connectivity index (χ3v) is 2.75. The largest absolute Gasteiger partial charge is 0.310 e. The Morgan fingerprint density at radius 2 is 1.82 bits per heavy atom. The molecule has 1 atom stereocenters. The molecule has 0 aromatic heterocycles. The van der Waals surface area contributed by atoms with E-state index in [1.807, 2.05) is 12.1 Å². The Morgan fingerprint density at radius 3 is 2.24 bits per heavy atom. The smallest absolute Gasteiger partial charge is 0.0325 e. The lowest BCUT2D eigenvalue weighted by Crippen LogP contribution is -2.25. The predicted octanol–water partition coefficient (Wildman–Crippen LogP) is 3.75. The van der Waals surface area contributed by atoms with E-state index in [0.29, 0.717) is 11.5 Å². The molecule has 0 aliphatic heterocycles. The maximum Gasteiger partial charge on any atom is 0.0325 e. The number of benzene rings is 1. The second-order valence-electron chi connectivity index (χ2n) is 5.64. The standard InChI is InChI=1S/C16H23N/c1-6-13-8-10-14(11-9-13)15(17-7-2)12-16(3,4)5/h1,8-11,15,17H,7,12H2,2-5H3. The third kappa shape index (κ3) is 4.63. The second-order valence-corrected chi connectivity index (χ2v) is 5.64. The Hall–Kier alpha value is -1.26. The zero-order chi connectivity index (χ0) is 12.9. The van der Waals surface area contributed by atoms with Crippen molar-refractivity contribution < 1.29 is 0 Å². The third-order valence-electron chi connectivity index (χ3n) is 2.75. The average Bonchev–Trinajstić information content (AvgIpc) is 2.27. The van der Waals surface area contributed by atoms with Crippen molar-refractivity contribution in [3.8, 4) is 12.3 Å². The van der Waals surface area contributed by atoms with Gasteiger partial charge < -0.3 is 5.32 Å². The molecule has 0 aliphatic carbocycles. The zero-order valence-corrected chi connectivity index (χ0v) is 11.4. The molecule has 0 saturated carbocycles. The highest BCUT2D eigenvalue weighted by molar-refractivity contribution is 5.35. The summed E-state index contributed by atoms with van der Waals surface area (Å²) < 4.78 is 0. The van der Waals surface area contributed by atoms with Crippen LogP contribution in [-0.4, -0.2) is 6.54 Å². The summed E-state index contributed by atoms with van der Waals surface area (Å²) in [6, 6.07) is 8.71. The first-order valence-corrected chi connectivity index (χ1v) is 6.26. The summed E-state index contributed by atoms with van der Waals surface area (Å²) >= 11 is 0. The Morgan fingerprint density at radius 1 is 1.24 bits per heavy atom. The van der Waals surface area contributed by atoms with Crippen molar-refractivity contribution in [3.05, 3.63) is 35.4 Å². The minimum absolute atomic E-state index is 0.317. The van der Waals surface area contributed by atoms with Gasteiger partial charge in [-0.15, -0.1) is 6.42 Å². The molecule has 0 bridgehead atoms. The summed E-state index contributed by atoms with van der Waals surface area (Å²) in [5.41, 5.74) is 2.58. The van der Waals surface area contributed by atoms with Crippen molar-refractivity contribution in [3.63, 3.8) is 0 Å². The van der Waals surface area contributed by atoms with Crippen LogP contribution in [-0.2, 0) is 0 Å². The number of hydrogen-bond donors (Lipinski definition) is 1. The summed E-state index contributed by atoms with van der Waals surface area (Å²) in [6.07, 6.45) is 6.49. The second kappa shape index (κ2) is 5.89. The van der Waals surface area contributed by atoms with E-state index in [0.717, 1.165) is 18.5 Å². The first kappa shape index (κ1) is 13.8. The molecule has 0 fully saturated rings. The van der Waals surface area contributed by atoms with Crippen molar-refractivity contribution in [2.75, 3.05) is 6.54 Å². The quantitative estimate of drug-likeness (QED) is 0.775. The van der Waals surface area contributed by atoms with Gasteiger partial charge in [-0.05, 0) is 36.1 Å². The normalized spacial score (nSPS) is 13.1. The highest BCUT2D eigenvalue weighted by Crippen LogP contribution is 2.29. The predicted molar refractivity (Wildman–Crippen MR) is 74.9 cm³/mol. The molecule has 1 nitrogen and oxygen atoms in total. The van der Waals surface area contributed by atoms with Crippen molar-refractivity contribution >= 4 is 0 Å². The molecular formula is C16H23N. The first-order chi connectivity index (χ1) is 7.96. The van der Waals surface area contributed by atoms with E-state index < -0.39 is 0 Å². The summed E-state index contributed by atoms with van der Waals surface area (Å²) in [5.74, 6) is 2.65. The van der Waals surface area contributed by atoms with E-state index in [1.54, 1.807) is 0 Å². The monoisotopic (exact) mass is 229 g/mol. The van der Waals surface area contributed by atoms with Gasteiger partial charge in [0.15, 0.2) is 0 Å². The van der Waals surface area contributed by atoms with Crippen LogP contribution in [0.15, 0.2) is 24.3 Å². The fourth-order valence-corrected chi connectivity index (χ4v) is 1.98. The van der Waals surface area contributed by atoms with Crippen molar-refractivity contribution in [2.24, 2.45) is 5.41 Å². The van der Waals surface area contributed by atoms with Crippen LogP contribution in [0.2, 0.25) is 0 Å². The van der Waals surface area contributed by atoms with E-state index in [9.17, 15) is 0 Å². The molecule has 1 aromatic carbocycles. The van der Waals surface area contributed by atoms with Crippen molar-refractivity contribution in [2.45, 2.75) is 40.2 Å². The maximum atomic E-state index is 5.37. The Bertz CT molecular complexity index is 375. The van der Waals surface area contributed by atoms with Gasteiger partial charge in [0, 0.05) is 11.6 Å². The van der Waals surface area contributed by atoms with Gasteiger partial charge in [0.05, 0.1) is 0 Å². The van der Waals surface area contributed by atoms with E-state index in [1.165, 1.54) is 5.56 Å². The molecule has 0 aliphatic rings. The zero-order valence-electron chi connectivity index (χ0n) is 11.4.